The number of hydrogen-bond acceptors (Lipinski definition) is 8. The van der Waals surface area contributed by atoms with Crippen LogP contribution in [0.4, 0.5) is 11.5 Å². The second-order valence-corrected chi connectivity index (χ2v) is 7.89. The van der Waals surface area contributed by atoms with Crippen LogP contribution >= 0.6 is 28.3 Å². The van der Waals surface area contributed by atoms with Gasteiger partial charge in [0.1, 0.15) is 35.5 Å². The summed E-state index contributed by atoms with van der Waals surface area (Å²) in [6.45, 7) is 2.64. The van der Waals surface area contributed by atoms with E-state index in [9.17, 15) is 4.79 Å². The number of nitrogens with one attached hydrogen (secondary N) is 1. The molecule has 1 fully saturated rings. The molecule has 1 aliphatic heterocycles. The van der Waals surface area contributed by atoms with Crippen LogP contribution in [0.3, 0.4) is 0 Å². The molecule has 170 valence electrons. The van der Waals surface area contributed by atoms with E-state index < -0.39 is 5.97 Å². The summed E-state index contributed by atoms with van der Waals surface area (Å²) in [5.74, 6) is 1.77. The van der Waals surface area contributed by atoms with Crippen LogP contribution in [-0.2, 0) is 9.53 Å². The van der Waals surface area contributed by atoms with E-state index in [1.165, 1.54) is 13.3 Å². The number of anilines is 2. The lowest BCUT2D eigenvalue weighted by atomic mass is 10.1. The van der Waals surface area contributed by atoms with Gasteiger partial charge in [0.2, 0.25) is 0 Å². The third-order valence-corrected chi connectivity index (χ3v) is 5.52. The van der Waals surface area contributed by atoms with Gasteiger partial charge in [-0.2, -0.15) is 0 Å². The monoisotopic (exact) mass is 523 g/mol. The molecule has 2 aromatic carbocycles. The minimum absolute atomic E-state index is 0. The smallest absolute Gasteiger partial charge is 0.308 e. The Labute approximate surface area is 200 Å². The number of ether oxygens (including phenoxy) is 4. The van der Waals surface area contributed by atoms with Gasteiger partial charge in [-0.1, -0.05) is 0 Å². The highest BCUT2D eigenvalue weighted by atomic mass is 79.9. The van der Waals surface area contributed by atoms with Crippen LogP contribution in [0, 0.1) is 0 Å². The molecule has 4 rings (SSSR count). The van der Waals surface area contributed by atoms with Crippen molar-refractivity contribution in [2.75, 3.05) is 25.6 Å². The topological polar surface area (TPSA) is 91.8 Å². The molecule has 0 unspecified atom stereocenters. The summed E-state index contributed by atoms with van der Waals surface area (Å²) < 4.78 is 23.2. The number of carbonyl (C=O) groups is 1. The molecule has 0 bridgehead atoms. The fourth-order valence-corrected chi connectivity index (χ4v) is 3.72. The van der Waals surface area contributed by atoms with Crippen molar-refractivity contribution in [3.05, 3.63) is 41.1 Å². The third-order valence-electron chi connectivity index (χ3n) is 4.83. The van der Waals surface area contributed by atoms with Crippen LogP contribution < -0.4 is 19.5 Å². The summed E-state index contributed by atoms with van der Waals surface area (Å²) in [5, 5.41) is 4.03. The van der Waals surface area contributed by atoms with Crippen molar-refractivity contribution >= 4 is 56.7 Å². The van der Waals surface area contributed by atoms with Gasteiger partial charge in [-0.3, -0.25) is 4.79 Å². The quantitative estimate of drug-likeness (QED) is 0.354. The Hall–Kier alpha value is -2.62. The zero-order valence-electron chi connectivity index (χ0n) is 17.6. The van der Waals surface area contributed by atoms with Crippen molar-refractivity contribution in [2.24, 2.45) is 0 Å². The van der Waals surface area contributed by atoms with Crippen LogP contribution in [0.5, 0.6) is 17.2 Å². The molecule has 0 amide bonds. The first-order valence-corrected chi connectivity index (χ1v) is 10.6. The SMILES string of the molecule is COc1ccc(Br)c(Nc2ncnc3cc(OC(C)=O)cc(OC4CCOCC4)c23)c1.Cl. The number of hydrogen-bond donors (Lipinski definition) is 1. The molecule has 0 saturated carbocycles. The van der Waals surface area contributed by atoms with Crippen molar-refractivity contribution in [3.63, 3.8) is 0 Å². The van der Waals surface area contributed by atoms with Crippen LogP contribution in [-0.4, -0.2) is 42.4 Å². The molecule has 10 heteroatoms. The number of rotatable bonds is 6. The highest BCUT2D eigenvalue weighted by Crippen LogP contribution is 2.38. The summed E-state index contributed by atoms with van der Waals surface area (Å²) in [4.78, 5) is 20.3. The second-order valence-electron chi connectivity index (χ2n) is 7.03. The molecular weight excluding hydrogens is 502 g/mol. The Morgan fingerprint density at radius 2 is 1.94 bits per heavy atom. The van der Waals surface area contributed by atoms with Crippen LogP contribution in [0.15, 0.2) is 41.1 Å². The molecule has 3 aromatic rings. The number of halogens is 2. The number of benzene rings is 2. The molecule has 0 aliphatic carbocycles. The summed E-state index contributed by atoms with van der Waals surface area (Å²) in [7, 11) is 1.61. The summed E-state index contributed by atoms with van der Waals surface area (Å²) in [6, 6.07) is 9.01. The Bertz CT molecular complexity index is 1110. The van der Waals surface area contributed by atoms with Gasteiger partial charge < -0.3 is 24.3 Å². The summed E-state index contributed by atoms with van der Waals surface area (Å²) >= 11 is 3.55. The maximum Gasteiger partial charge on any atom is 0.308 e. The zero-order valence-corrected chi connectivity index (χ0v) is 20.0. The van der Waals surface area contributed by atoms with Crippen molar-refractivity contribution < 1.29 is 23.7 Å². The molecule has 0 radical (unpaired) electrons. The first-order valence-electron chi connectivity index (χ1n) is 9.85. The molecule has 1 saturated heterocycles. The van der Waals surface area contributed by atoms with E-state index in [4.69, 9.17) is 18.9 Å². The van der Waals surface area contributed by atoms with E-state index in [2.05, 4.69) is 31.2 Å². The minimum atomic E-state index is -0.413. The molecule has 8 nitrogen and oxygen atoms in total. The van der Waals surface area contributed by atoms with Crippen LogP contribution in [0.1, 0.15) is 19.8 Å². The van der Waals surface area contributed by atoms with Crippen molar-refractivity contribution in [2.45, 2.75) is 25.9 Å². The summed E-state index contributed by atoms with van der Waals surface area (Å²) in [6.07, 6.45) is 2.99. The van der Waals surface area contributed by atoms with Gasteiger partial charge in [-0.25, -0.2) is 9.97 Å². The normalized spacial score (nSPS) is 13.8. The number of aromatic nitrogens is 2. The van der Waals surface area contributed by atoms with E-state index in [0.29, 0.717) is 47.2 Å². The highest BCUT2D eigenvalue weighted by Gasteiger charge is 2.20. The number of esters is 1. The predicted octanol–water partition coefficient (Wildman–Crippen LogP) is 5.05. The molecular formula is C22H23BrClN3O5. The molecule has 32 heavy (non-hydrogen) atoms. The van der Waals surface area contributed by atoms with Crippen molar-refractivity contribution in [1.82, 2.24) is 9.97 Å². The first kappa shape index (κ1) is 24.0. The van der Waals surface area contributed by atoms with Gasteiger partial charge in [0, 0.05) is 42.4 Å². The largest absolute Gasteiger partial charge is 0.497 e. The van der Waals surface area contributed by atoms with Crippen molar-refractivity contribution in [3.8, 4) is 17.2 Å². The molecule has 2 heterocycles. The number of methoxy groups -OCH3 is 1. The van der Waals surface area contributed by atoms with E-state index in [1.54, 1.807) is 19.2 Å². The van der Waals surface area contributed by atoms with Gasteiger partial charge in [-0.15, -0.1) is 12.4 Å². The number of nitrogens with zero attached hydrogens (tertiary/aromatic N) is 2. The van der Waals surface area contributed by atoms with E-state index >= 15 is 0 Å². The fraction of sp³-hybridized carbons (Fsp3) is 0.318. The van der Waals surface area contributed by atoms with Gasteiger partial charge in [0.05, 0.1) is 36.9 Å². The maximum absolute atomic E-state index is 11.5. The lowest BCUT2D eigenvalue weighted by Crippen LogP contribution is -2.26. The van der Waals surface area contributed by atoms with Gasteiger partial charge >= 0.3 is 5.97 Å². The average Bonchev–Trinajstić information content (AvgIpc) is 2.75. The highest BCUT2D eigenvalue weighted by molar-refractivity contribution is 9.10. The molecule has 1 N–H and O–H groups in total. The maximum atomic E-state index is 11.5. The van der Waals surface area contributed by atoms with Gasteiger partial charge in [0.25, 0.3) is 0 Å². The van der Waals surface area contributed by atoms with E-state index in [0.717, 1.165) is 23.0 Å². The Morgan fingerprint density at radius 1 is 1.16 bits per heavy atom. The fourth-order valence-electron chi connectivity index (χ4n) is 3.37. The number of fused-ring (bicyclic) bond motifs is 1. The average molecular weight is 525 g/mol. The van der Waals surface area contributed by atoms with Crippen LogP contribution in [0.25, 0.3) is 10.9 Å². The third kappa shape index (κ3) is 5.59. The predicted molar refractivity (Wildman–Crippen MR) is 127 cm³/mol. The molecule has 0 atom stereocenters. The Balaban J connectivity index is 0.00000289. The Kier molecular flexibility index (Phi) is 8.11. The lowest BCUT2D eigenvalue weighted by molar-refractivity contribution is -0.131. The van der Waals surface area contributed by atoms with Gasteiger partial charge in [0.15, 0.2) is 0 Å². The van der Waals surface area contributed by atoms with E-state index in [-0.39, 0.29) is 18.5 Å². The first-order chi connectivity index (χ1) is 15.0. The lowest BCUT2D eigenvalue weighted by Gasteiger charge is -2.24. The standard InChI is InChI=1S/C22H22BrN3O5.ClH/c1-13(27)30-16-10-19-21(20(11-16)31-14-5-7-29-8-6-14)22(25-12-24-19)26-18-9-15(28-2)3-4-17(18)23;/h3-4,9-12,14H,5-8H2,1-2H3,(H,24,25,26);1H. The molecule has 1 aliphatic rings. The molecule has 1 aromatic heterocycles. The molecule has 0 spiro atoms. The summed E-state index contributed by atoms with van der Waals surface area (Å²) in [5.41, 5.74) is 1.37. The second kappa shape index (κ2) is 10.8. The number of carbonyl (C=O) groups excluding carboxylic acids is 1. The minimum Gasteiger partial charge on any atom is -0.497 e. The van der Waals surface area contributed by atoms with Crippen molar-refractivity contribution in [1.29, 1.82) is 0 Å². The Morgan fingerprint density at radius 3 is 2.66 bits per heavy atom. The van der Waals surface area contributed by atoms with Gasteiger partial charge in [-0.05, 0) is 28.1 Å². The van der Waals surface area contributed by atoms with Crippen LogP contribution in [0.2, 0.25) is 0 Å². The zero-order chi connectivity index (χ0) is 21.8. The van der Waals surface area contributed by atoms with E-state index in [1.807, 2.05) is 18.2 Å².